The summed E-state index contributed by atoms with van der Waals surface area (Å²) in [6.07, 6.45) is 4.37. The van der Waals surface area contributed by atoms with Crippen molar-refractivity contribution < 1.29 is 4.74 Å². The lowest BCUT2D eigenvalue weighted by atomic mass is 9.82. The third-order valence-electron chi connectivity index (χ3n) is 5.58. The zero-order valence-electron chi connectivity index (χ0n) is 22.7. The van der Waals surface area contributed by atoms with Gasteiger partial charge in [-0.3, -0.25) is 0 Å². The van der Waals surface area contributed by atoms with Gasteiger partial charge in [-0.1, -0.05) is 71.9 Å². The minimum Gasteiger partial charge on any atom is -0.479 e. The monoisotopic (exact) mass is 491 g/mol. The van der Waals surface area contributed by atoms with Crippen LogP contribution in [0.1, 0.15) is 70.6 Å². The molecule has 0 radical (unpaired) electrons. The summed E-state index contributed by atoms with van der Waals surface area (Å²) in [5.74, 6) is 0.565. The van der Waals surface area contributed by atoms with Crippen molar-refractivity contribution in [3.8, 4) is 17.1 Å². The normalized spacial score (nSPS) is 10.7. The van der Waals surface area contributed by atoms with E-state index in [0.717, 1.165) is 53.0 Å². The van der Waals surface area contributed by atoms with Crippen molar-refractivity contribution in [2.75, 3.05) is 7.11 Å². The Morgan fingerprint density at radius 1 is 0.886 bits per heavy atom. The van der Waals surface area contributed by atoms with E-state index in [4.69, 9.17) is 9.72 Å². The van der Waals surface area contributed by atoms with E-state index in [-0.39, 0.29) is 5.41 Å². The second-order valence-corrected chi connectivity index (χ2v) is 9.89. The first kappa shape index (κ1) is 28.4. The van der Waals surface area contributed by atoms with Gasteiger partial charge in [-0.05, 0) is 61.8 Å². The molecule has 2 aromatic carbocycles. The van der Waals surface area contributed by atoms with Crippen molar-refractivity contribution in [1.29, 1.82) is 0 Å². The molecule has 35 heavy (non-hydrogen) atoms. The summed E-state index contributed by atoms with van der Waals surface area (Å²) in [6, 6.07) is 16.5. The van der Waals surface area contributed by atoms with E-state index in [9.17, 15) is 0 Å². The van der Waals surface area contributed by atoms with Gasteiger partial charge in [-0.25, -0.2) is 15.0 Å². The molecule has 0 aliphatic carbocycles. The largest absolute Gasteiger partial charge is 0.479 e. The first-order chi connectivity index (χ1) is 16.9. The highest BCUT2D eigenvalue weighted by atomic mass is 32.1. The number of benzene rings is 2. The number of ether oxygens (including phenoxy) is 1. The minimum atomic E-state index is 0.241. The van der Waals surface area contributed by atoms with Gasteiger partial charge in [0.15, 0.2) is 0 Å². The lowest BCUT2D eigenvalue weighted by molar-refractivity contribution is 0.320. The fourth-order valence-corrected chi connectivity index (χ4v) is 4.64. The predicted octanol–water partition coefficient (Wildman–Crippen LogP) is 8.71. The van der Waals surface area contributed by atoms with Crippen LogP contribution >= 0.6 is 11.3 Å². The van der Waals surface area contributed by atoms with Gasteiger partial charge in [0.05, 0.1) is 28.8 Å². The maximum atomic E-state index is 5.55. The molecule has 0 bridgehead atoms. The van der Waals surface area contributed by atoms with Crippen molar-refractivity contribution in [2.24, 2.45) is 5.41 Å². The molecule has 4 nitrogen and oxygen atoms in total. The standard InChI is InChI=1S/C26H29N3OS.2C2H6/c1-18-27-21(17-31-18)16-26(2,3)14-8-10-19-9-7-11-20(15-19)24-25(30-4)29-23-13-6-5-12-22(23)28-24;2*1-2/h5-7,9,11-13,15,17H,8,10,14,16H2,1-4H3;2*1-2H3. The summed E-state index contributed by atoms with van der Waals surface area (Å²) in [5.41, 5.74) is 6.34. The summed E-state index contributed by atoms with van der Waals surface area (Å²) in [6.45, 7) is 14.8. The van der Waals surface area contributed by atoms with E-state index in [0.29, 0.717) is 5.88 Å². The summed E-state index contributed by atoms with van der Waals surface area (Å²) in [4.78, 5) is 14.1. The van der Waals surface area contributed by atoms with E-state index >= 15 is 0 Å². The van der Waals surface area contributed by atoms with Gasteiger partial charge in [0.2, 0.25) is 5.88 Å². The van der Waals surface area contributed by atoms with Crippen LogP contribution in [-0.2, 0) is 12.8 Å². The smallest absolute Gasteiger partial charge is 0.240 e. The summed E-state index contributed by atoms with van der Waals surface area (Å²) < 4.78 is 5.55. The number of para-hydroxylation sites is 2. The Bertz CT molecular complexity index is 1180. The van der Waals surface area contributed by atoms with Crippen LogP contribution in [0.5, 0.6) is 5.88 Å². The molecule has 0 fully saturated rings. The molecule has 0 saturated carbocycles. The minimum absolute atomic E-state index is 0.241. The van der Waals surface area contributed by atoms with Gasteiger partial charge in [-0.2, -0.15) is 0 Å². The first-order valence-corrected chi connectivity index (χ1v) is 13.6. The number of rotatable bonds is 8. The Morgan fingerprint density at radius 2 is 1.57 bits per heavy atom. The van der Waals surface area contributed by atoms with Crippen molar-refractivity contribution in [1.82, 2.24) is 15.0 Å². The predicted molar refractivity (Wildman–Crippen MR) is 151 cm³/mol. The van der Waals surface area contributed by atoms with E-state index < -0.39 is 0 Å². The number of nitrogens with zero attached hydrogens (tertiary/aromatic N) is 3. The van der Waals surface area contributed by atoms with Gasteiger partial charge < -0.3 is 4.74 Å². The molecule has 2 heterocycles. The number of methoxy groups -OCH3 is 1. The quantitative estimate of drug-likeness (QED) is 0.247. The van der Waals surface area contributed by atoms with Gasteiger partial charge in [-0.15, -0.1) is 11.3 Å². The molecular formula is C30H41N3OS. The Morgan fingerprint density at radius 3 is 2.20 bits per heavy atom. The van der Waals surface area contributed by atoms with Gasteiger partial charge in [0.1, 0.15) is 5.69 Å². The van der Waals surface area contributed by atoms with Crippen LogP contribution in [0.2, 0.25) is 0 Å². The van der Waals surface area contributed by atoms with Gasteiger partial charge in [0, 0.05) is 10.9 Å². The second-order valence-electron chi connectivity index (χ2n) is 8.82. The second kappa shape index (κ2) is 13.9. The molecule has 188 valence electrons. The van der Waals surface area contributed by atoms with Crippen LogP contribution in [0.3, 0.4) is 0 Å². The SMILES string of the molecule is CC.CC.COc1nc2ccccc2nc1-c1cccc(CCCC(C)(C)Cc2csc(C)n2)c1. The summed E-state index contributed by atoms with van der Waals surface area (Å²) >= 11 is 1.74. The van der Waals surface area contributed by atoms with Crippen molar-refractivity contribution >= 4 is 22.4 Å². The molecule has 0 aliphatic heterocycles. The average Bonchev–Trinajstić information content (AvgIpc) is 3.29. The lowest BCUT2D eigenvalue weighted by Gasteiger charge is -2.23. The number of thiazole rings is 1. The number of hydrogen-bond acceptors (Lipinski definition) is 5. The van der Waals surface area contributed by atoms with Crippen LogP contribution in [0.25, 0.3) is 22.3 Å². The van der Waals surface area contributed by atoms with Gasteiger partial charge in [0.25, 0.3) is 0 Å². The molecule has 4 aromatic rings. The third-order valence-corrected chi connectivity index (χ3v) is 6.40. The summed E-state index contributed by atoms with van der Waals surface area (Å²) in [7, 11) is 1.65. The number of aromatic nitrogens is 3. The molecule has 0 amide bonds. The number of hydrogen-bond donors (Lipinski definition) is 0. The number of fused-ring (bicyclic) bond motifs is 1. The van der Waals surface area contributed by atoms with E-state index in [1.54, 1.807) is 18.4 Å². The molecule has 2 aromatic heterocycles. The van der Waals surface area contributed by atoms with Crippen molar-refractivity contribution in [3.63, 3.8) is 0 Å². The van der Waals surface area contributed by atoms with Crippen LogP contribution in [0, 0.1) is 12.3 Å². The van der Waals surface area contributed by atoms with Crippen LogP contribution < -0.4 is 4.74 Å². The molecule has 0 aliphatic rings. The molecular weight excluding hydrogens is 450 g/mol. The zero-order chi connectivity index (χ0) is 25.8. The molecule has 0 N–H and O–H groups in total. The van der Waals surface area contributed by atoms with Crippen LogP contribution in [-0.4, -0.2) is 22.1 Å². The number of aryl methyl sites for hydroxylation is 2. The van der Waals surface area contributed by atoms with Crippen LogP contribution in [0.15, 0.2) is 53.9 Å². The molecule has 0 spiro atoms. The lowest BCUT2D eigenvalue weighted by Crippen LogP contribution is -2.15. The fraction of sp³-hybridized carbons (Fsp3) is 0.433. The van der Waals surface area contributed by atoms with E-state index in [1.807, 2.05) is 52.0 Å². The van der Waals surface area contributed by atoms with E-state index in [2.05, 4.69) is 60.4 Å². The average molecular weight is 492 g/mol. The molecule has 5 heteroatoms. The Hall–Kier alpha value is -2.79. The third kappa shape index (κ3) is 8.14. The highest BCUT2D eigenvalue weighted by Gasteiger charge is 2.20. The Labute approximate surface area is 215 Å². The Balaban J connectivity index is 0.00000103. The highest BCUT2D eigenvalue weighted by Crippen LogP contribution is 2.31. The molecule has 0 atom stereocenters. The van der Waals surface area contributed by atoms with Crippen molar-refractivity contribution in [2.45, 2.75) is 74.1 Å². The zero-order valence-corrected chi connectivity index (χ0v) is 23.5. The molecule has 0 unspecified atom stereocenters. The molecule has 4 rings (SSSR count). The molecule has 0 saturated heterocycles. The highest BCUT2D eigenvalue weighted by molar-refractivity contribution is 7.09. The summed E-state index contributed by atoms with van der Waals surface area (Å²) in [5, 5.41) is 3.34. The van der Waals surface area contributed by atoms with Gasteiger partial charge >= 0.3 is 0 Å². The van der Waals surface area contributed by atoms with E-state index in [1.165, 1.54) is 11.3 Å². The fourth-order valence-electron chi connectivity index (χ4n) is 4.03. The maximum absolute atomic E-state index is 5.55. The Kier molecular flexibility index (Phi) is 11.3. The van der Waals surface area contributed by atoms with Crippen molar-refractivity contribution in [3.05, 3.63) is 70.2 Å². The first-order valence-electron chi connectivity index (χ1n) is 12.7. The van der Waals surface area contributed by atoms with Crippen LogP contribution in [0.4, 0.5) is 0 Å². The maximum Gasteiger partial charge on any atom is 0.240 e. The topological polar surface area (TPSA) is 47.9 Å².